The second-order valence-electron chi connectivity index (χ2n) is 3.22. The molecule has 0 aromatic heterocycles. The van der Waals surface area contributed by atoms with Crippen molar-refractivity contribution in [1.29, 1.82) is 0 Å². The SMILES string of the molecule is CC1(OC=O)CCCCC1. The molecule has 1 fully saturated rings. The molecule has 0 N–H and O–H groups in total. The summed E-state index contributed by atoms with van der Waals surface area (Å²) < 4.78 is 4.99. The van der Waals surface area contributed by atoms with Crippen molar-refractivity contribution in [3.63, 3.8) is 0 Å². The Bertz CT molecular complexity index is 114. The van der Waals surface area contributed by atoms with Crippen molar-refractivity contribution < 1.29 is 9.53 Å². The average molecular weight is 142 g/mol. The third-order valence-electron chi connectivity index (χ3n) is 2.24. The van der Waals surface area contributed by atoms with Crippen molar-refractivity contribution in [3.05, 3.63) is 0 Å². The largest absolute Gasteiger partial charge is 0.462 e. The molecule has 0 aliphatic heterocycles. The Morgan fingerprint density at radius 2 is 1.90 bits per heavy atom. The summed E-state index contributed by atoms with van der Waals surface area (Å²) in [6, 6.07) is 0. The summed E-state index contributed by atoms with van der Waals surface area (Å²) in [6.07, 6.45) is 5.75. The molecule has 2 heteroatoms. The summed E-state index contributed by atoms with van der Waals surface area (Å²) in [4.78, 5) is 10.1. The summed E-state index contributed by atoms with van der Waals surface area (Å²) in [5.41, 5.74) is -0.139. The second kappa shape index (κ2) is 3.04. The molecule has 1 saturated carbocycles. The first-order chi connectivity index (χ1) is 4.77. The molecule has 0 radical (unpaired) electrons. The lowest BCUT2D eigenvalue weighted by Crippen LogP contribution is -2.30. The quantitative estimate of drug-likeness (QED) is 0.550. The van der Waals surface area contributed by atoms with E-state index in [0.29, 0.717) is 6.47 Å². The van der Waals surface area contributed by atoms with Gasteiger partial charge in [-0.3, -0.25) is 4.79 Å². The van der Waals surface area contributed by atoms with Crippen molar-refractivity contribution >= 4 is 6.47 Å². The van der Waals surface area contributed by atoms with Crippen LogP contribution in [0, 0.1) is 0 Å². The van der Waals surface area contributed by atoms with Crippen LogP contribution in [0.4, 0.5) is 0 Å². The molecular weight excluding hydrogens is 128 g/mol. The fourth-order valence-electron chi connectivity index (χ4n) is 1.53. The molecule has 10 heavy (non-hydrogen) atoms. The summed E-state index contributed by atoms with van der Waals surface area (Å²) in [6.45, 7) is 2.59. The lowest BCUT2D eigenvalue weighted by molar-refractivity contribution is -0.144. The maximum Gasteiger partial charge on any atom is 0.293 e. The molecule has 0 heterocycles. The zero-order valence-electron chi connectivity index (χ0n) is 6.43. The van der Waals surface area contributed by atoms with Crippen LogP contribution in [0.3, 0.4) is 0 Å². The highest BCUT2D eigenvalue weighted by molar-refractivity contribution is 5.38. The molecule has 0 spiro atoms. The first kappa shape index (κ1) is 7.58. The van der Waals surface area contributed by atoms with Crippen LogP contribution in [0.25, 0.3) is 0 Å². The van der Waals surface area contributed by atoms with E-state index in [9.17, 15) is 4.79 Å². The van der Waals surface area contributed by atoms with Crippen molar-refractivity contribution in [3.8, 4) is 0 Å². The van der Waals surface area contributed by atoms with Gasteiger partial charge in [-0.15, -0.1) is 0 Å². The number of ether oxygens (including phenoxy) is 1. The highest BCUT2D eigenvalue weighted by Crippen LogP contribution is 2.30. The monoisotopic (exact) mass is 142 g/mol. The Morgan fingerprint density at radius 1 is 1.30 bits per heavy atom. The molecule has 1 aliphatic rings. The van der Waals surface area contributed by atoms with E-state index in [2.05, 4.69) is 0 Å². The Balaban J connectivity index is 2.39. The molecule has 1 rings (SSSR count). The minimum Gasteiger partial charge on any atom is -0.462 e. The van der Waals surface area contributed by atoms with E-state index < -0.39 is 0 Å². The predicted octanol–water partition coefficient (Wildman–Crippen LogP) is 1.88. The van der Waals surface area contributed by atoms with E-state index in [1.807, 2.05) is 6.92 Å². The van der Waals surface area contributed by atoms with Crippen molar-refractivity contribution in [2.75, 3.05) is 0 Å². The number of rotatable bonds is 2. The van der Waals surface area contributed by atoms with Gasteiger partial charge in [-0.05, 0) is 32.6 Å². The lowest BCUT2D eigenvalue weighted by Gasteiger charge is -2.31. The van der Waals surface area contributed by atoms with E-state index >= 15 is 0 Å². The van der Waals surface area contributed by atoms with Gasteiger partial charge >= 0.3 is 0 Å². The van der Waals surface area contributed by atoms with Gasteiger partial charge in [0.25, 0.3) is 6.47 Å². The van der Waals surface area contributed by atoms with Gasteiger partial charge in [-0.2, -0.15) is 0 Å². The molecule has 0 aromatic carbocycles. The van der Waals surface area contributed by atoms with Gasteiger partial charge in [0.2, 0.25) is 0 Å². The topological polar surface area (TPSA) is 26.3 Å². The van der Waals surface area contributed by atoms with E-state index in [0.717, 1.165) is 12.8 Å². The van der Waals surface area contributed by atoms with Crippen LogP contribution in [0.5, 0.6) is 0 Å². The first-order valence-electron chi connectivity index (χ1n) is 3.88. The van der Waals surface area contributed by atoms with Crippen LogP contribution < -0.4 is 0 Å². The second-order valence-corrected chi connectivity index (χ2v) is 3.22. The number of carbonyl (C=O) groups excluding carboxylic acids is 1. The first-order valence-corrected chi connectivity index (χ1v) is 3.88. The normalized spacial score (nSPS) is 23.7. The molecule has 0 atom stereocenters. The molecule has 0 unspecified atom stereocenters. The maximum absolute atomic E-state index is 10.1. The van der Waals surface area contributed by atoms with Crippen LogP contribution in [-0.2, 0) is 9.53 Å². The summed E-state index contributed by atoms with van der Waals surface area (Å²) in [7, 11) is 0. The lowest BCUT2D eigenvalue weighted by atomic mass is 9.86. The summed E-state index contributed by atoms with van der Waals surface area (Å²) in [5.74, 6) is 0. The third kappa shape index (κ3) is 1.72. The van der Waals surface area contributed by atoms with Crippen molar-refractivity contribution in [2.24, 2.45) is 0 Å². The van der Waals surface area contributed by atoms with Crippen LogP contribution in [0.2, 0.25) is 0 Å². The van der Waals surface area contributed by atoms with E-state index in [4.69, 9.17) is 4.74 Å². The molecular formula is C8H14O2. The summed E-state index contributed by atoms with van der Waals surface area (Å²) in [5, 5.41) is 0. The van der Waals surface area contributed by atoms with Gasteiger partial charge in [-0.25, -0.2) is 0 Å². The zero-order chi connectivity index (χ0) is 7.45. The molecule has 1 aliphatic carbocycles. The minimum atomic E-state index is -0.139. The van der Waals surface area contributed by atoms with Gasteiger partial charge < -0.3 is 4.74 Å². The molecule has 0 bridgehead atoms. The van der Waals surface area contributed by atoms with Gasteiger partial charge in [0.05, 0.1) is 0 Å². The minimum absolute atomic E-state index is 0.139. The molecule has 58 valence electrons. The van der Waals surface area contributed by atoms with E-state index in [1.54, 1.807) is 0 Å². The molecule has 2 nitrogen and oxygen atoms in total. The van der Waals surface area contributed by atoms with Gasteiger partial charge in [-0.1, -0.05) is 6.42 Å². The van der Waals surface area contributed by atoms with Gasteiger partial charge in [0.15, 0.2) is 0 Å². The standard InChI is InChI=1S/C8H14O2/c1-8(10-7-9)5-3-2-4-6-8/h7H,2-6H2,1H3. The molecule has 0 aromatic rings. The van der Waals surface area contributed by atoms with Crippen LogP contribution in [0.15, 0.2) is 0 Å². The van der Waals surface area contributed by atoms with Gasteiger partial charge in [0, 0.05) is 0 Å². The predicted molar refractivity (Wildman–Crippen MR) is 38.6 cm³/mol. The number of hydrogen-bond donors (Lipinski definition) is 0. The van der Waals surface area contributed by atoms with Crippen molar-refractivity contribution in [1.82, 2.24) is 0 Å². The van der Waals surface area contributed by atoms with Crippen molar-refractivity contribution in [2.45, 2.75) is 44.6 Å². The zero-order valence-corrected chi connectivity index (χ0v) is 6.43. The van der Waals surface area contributed by atoms with E-state index in [1.165, 1.54) is 19.3 Å². The third-order valence-corrected chi connectivity index (χ3v) is 2.24. The van der Waals surface area contributed by atoms with Crippen LogP contribution >= 0.6 is 0 Å². The molecule has 0 saturated heterocycles. The molecule has 0 amide bonds. The van der Waals surface area contributed by atoms with E-state index in [-0.39, 0.29) is 5.60 Å². The van der Waals surface area contributed by atoms with Crippen LogP contribution in [0.1, 0.15) is 39.0 Å². The highest BCUT2D eigenvalue weighted by atomic mass is 16.5. The highest BCUT2D eigenvalue weighted by Gasteiger charge is 2.27. The average Bonchev–Trinajstić information content (AvgIpc) is 1.89. The fourth-order valence-corrected chi connectivity index (χ4v) is 1.53. The smallest absolute Gasteiger partial charge is 0.293 e. The maximum atomic E-state index is 10.1. The number of hydrogen-bond acceptors (Lipinski definition) is 2. The Labute approximate surface area is 61.6 Å². The fraction of sp³-hybridized carbons (Fsp3) is 0.875. The number of carbonyl (C=O) groups is 1. The Morgan fingerprint density at radius 3 is 2.40 bits per heavy atom. The summed E-state index contributed by atoms with van der Waals surface area (Å²) >= 11 is 0. The van der Waals surface area contributed by atoms with Gasteiger partial charge in [0.1, 0.15) is 5.60 Å². The van der Waals surface area contributed by atoms with Crippen LogP contribution in [-0.4, -0.2) is 12.1 Å². The Hall–Kier alpha value is -0.530. The Kier molecular flexibility index (Phi) is 2.30.